The molecule has 0 aliphatic rings. The molecule has 0 spiro atoms. The van der Waals surface area contributed by atoms with Crippen molar-refractivity contribution in [2.24, 2.45) is 0 Å². The van der Waals surface area contributed by atoms with Gasteiger partial charge in [0, 0.05) is 12.0 Å². The van der Waals surface area contributed by atoms with E-state index in [1.165, 1.54) is 28.0 Å². The first-order valence-corrected chi connectivity index (χ1v) is 8.25. The number of fused-ring (bicyclic) bond motifs is 1. The Kier molecular flexibility index (Phi) is 4.53. The maximum absolute atomic E-state index is 13.3. The fraction of sp³-hybridized carbons (Fsp3) is 0.286. The molecule has 1 amide bonds. The van der Waals surface area contributed by atoms with Gasteiger partial charge >= 0.3 is 0 Å². The number of benzene rings is 1. The van der Waals surface area contributed by atoms with Crippen LogP contribution in [-0.4, -0.2) is 25.7 Å². The molecule has 9 heteroatoms. The number of aromatic nitrogens is 4. The lowest BCUT2D eigenvalue weighted by Gasteiger charge is -2.00. The lowest BCUT2D eigenvalue weighted by Crippen LogP contribution is -2.11. The fourth-order valence-corrected chi connectivity index (χ4v) is 2.94. The zero-order valence-electron chi connectivity index (χ0n) is 12.2. The number of hydrogen-bond donors (Lipinski definition) is 1. The predicted octanol–water partition coefficient (Wildman–Crippen LogP) is 3.77. The van der Waals surface area contributed by atoms with Gasteiger partial charge < -0.3 is 5.32 Å². The third-order valence-corrected chi connectivity index (χ3v) is 4.28. The van der Waals surface area contributed by atoms with Crippen LogP contribution in [0.5, 0.6) is 0 Å². The van der Waals surface area contributed by atoms with Crippen LogP contribution in [0, 0.1) is 5.82 Å². The summed E-state index contributed by atoms with van der Waals surface area (Å²) in [6.07, 6.45) is 2.24. The van der Waals surface area contributed by atoms with E-state index in [0.717, 1.165) is 12.8 Å². The number of carbonyl (C=O) groups is 1. The Morgan fingerprint density at radius 1 is 1.43 bits per heavy atom. The lowest BCUT2D eigenvalue weighted by atomic mass is 10.2. The Hall–Kier alpha value is -2.06. The van der Waals surface area contributed by atoms with Gasteiger partial charge in [0.1, 0.15) is 5.82 Å². The summed E-state index contributed by atoms with van der Waals surface area (Å²) in [4.78, 5) is 12.3. The van der Waals surface area contributed by atoms with Gasteiger partial charge in [0.25, 0.3) is 0 Å². The highest BCUT2D eigenvalue weighted by atomic mass is 35.5. The highest BCUT2D eigenvalue weighted by molar-refractivity contribution is 7.20. The number of hydrogen-bond acceptors (Lipinski definition) is 5. The quantitative estimate of drug-likeness (QED) is 0.757. The molecule has 6 nitrogen and oxygen atoms in total. The van der Waals surface area contributed by atoms with Gasteiger partial charge in [-0.1, -0.05) is 36.3 Å². The van der Waals surface area contributed by atoms with Gasteiger partial charge in [-0.15, -0.1) is 15.3 Å². The zero-order valence-corrected chi connectivity index (χ0v) is 13.8. The summed E-state index contributed by atoms with van der Waals surface area (Å²) < 4.78 is 14.8. The third-order valence-electron chi connectivity index (χ3n) is 3.17. The van der Waals surface area contributed by atoms with Gasteiger partial charge in [0.05, 0.1) is 5.02 Å². The van der Waals surface area contributed by atoms with Crippen molar-refractivity contribution in [2.45, 2.75) is 26.2 Å². The van der Waals surface area contributed by atoms with Gasteiger partial charge in [0.15, 0.2) is 5.82 Å². The standard InChI is InChI=1S/C14H13ClFN5OS/c1-2-3-4-11(22)17-13-20-21-12(18-19-14(21)23-13)8-5-6-10(16)9(15)7-8/h5-7H,2-4H2,1H3,(H,17,20,22). The van der Waals surface area contributed by atoms with E-state index in [2.05, 4.69) is 20.6 Å². The number of nitrogens with zero attached hydrogens (tertiary/aromatic N) is 4. The molecule has 3 aromatic rings. The van der Waals surface area contributed by atoms with Gasteiger partial charge in [-0.25, -0.2) is 4.39 Å². The summed E-state index contributed by atoms with van der Waals surface area (Å²) in [6, 6.07) is 4.28. The number of amides is 1. The molecule has 0 unspecified atom stereocenters. The van der Waals surface area contributed by atoms with E-state index < -0.39 is 5.82 Å². The first kappa shape index (κ1) is 15.8. The molecule has 0 saturated heterocycles. The number of carbonyl (C=O) groups excluding carboxylic acids is 1. The van der Waals surface area contributed by atoms with E-state index in [1.54, 1.807) is 6.07 Å². The van der Waals surface area contributed by atoms with Gasteiger partial charge in [-0.3, -0.25) is 4.79 Å². The van der Waals surface area contributed by atoms with E-state index in [1.807, 2.05) is 6.92 Å². The molecule has 2 heterocycles. The van der Waals surface area contributed by atoms with Crippen LogP contribution in [0.3, 0.4) is 0 Å². The number of unbranched alkanes of at least 4 members (excludes halogenated alkanes) is 1. The Bertz CT molecular complexity index is 862. The van der Waals surface area contributed by atoms with Gasteiger partial charge in [0.2, 0.25) is 16.0 Å². The molecule has 1 aromatic carbocycles. The van der Waals surface area contributed by atoms with Crippen molar-refractivity contribution in [1.82, 2.24) is 19.8 Å². The Labute approximate surface area is 140 Å². The average Bonchev–Trinajstić information content (AvgIpc) is 3.08. The molecule has 2 aromatic heterocycles. The fourth-order valence-electron chi connectivity index (χ4n) is 2.00. The zero-order chi connectivity index (χ0) is 16.4. The second kappa shape index (κ2) is 6.59. The van der Waals surface area contributed by atoms with Crippen molar-refractivity contribution in [3.63, 3.8) is 0 Å². The summed E-state index contributed by atoms with van der Waals surface area (Å²) in [5.74, 6) is -0.145. The Morgan fingerprint density at radius 3 is 3.00 bits per heavy atom. The Balaban J connectivity index is 1.88. The van der Waals surface area contributed by atoms with Crippen LogP contribution in [0.1, 0.15) is 26.2 Å². The number of nitrogens with one attached hydrogen (secondary N) is 1. The minimum Gasteiger partial charge on any atom is -0.301 e. The van der Waals surface area contributed by atoms with Crippen molar-refractivity contribution in [1.29, 1.82) is 0 Å². The van der Waals surface area contributed by atoms with E-state index in [-0.39, 0.29) is 10.9 Å². The number of halogens is 2. The number of anilines is 1. The van der Waals surface area contributed by atoms with Crippen LogP contribution in [0.4, 0.5) is 9.52 Å². The molecule has 23 heavy (non-hydrogen) atoms. The first-order valence-electron chi connectivity index (χ1n) is 7.06. The summed E-state index contributed by atoms with van der Waals surface area (Å²) in [7, 11) is 0. The molecule has 120 valence electrons. The molecule has 0 radical (unpaired) electrons. The second-order valence-electron chi connectivity index (χ2n) is 4.91. The van der Waals surface area contributed by atoms with Crippen molar-refractivity contribution < 1.29 is 9.18 Å². The highest BCUT2D eigenvalue weighted by Crippen LogP contribution is 2.27. The van der Waals surface area contributed by atoms with Crippen LogP contribution in [-0.2, 0) is 4.79 Å². The van der Waals surface area contributed by atoms with Crippen LogP contribution in [0.15, 0.2) is 18.2 Å². The van der Waals surface area contributed by atoms with Gasteiger partial charge in [-0.05, 0) is 24.6 Å². The summed E-state index contributed by atoms with van der Waals surface area (Å²) in [5, 5.41) is 15.5. The number of rotatable bonds is 5. The molecule has 0 bridgehead atoms. The molecule has 0 saturated carbocycles. The maximum atomic E-state index is 13.3. The van der Waals surface area contributed by atoms with Crippen molar-refractivity contribution in [2.75, 3.05) is 5.32 Å². The molecular weight excluding hydrogens is 341 g/mol. The molecule has 0 aliphatic carbocycles. The van der Waals surface area contributed by atoms with Crippen LogP contribution in [0.25, 0.3) is 16.3 Å². The molecule has 0 fully saturated rings. The van der Waals surface area contributed by atoms with Crippen LogP contribution >= 0.6 is 22.9 Å². The molecule has 3 rings (SSSR count). The summed E-state index contributed by atoms with van der Waals surface area (Å²) in [5.41, 5.74) is 0.595. The molecule has 0 aliphatic heterocycles. The van der Waals surface area contributed by atoms with E-state index in [0.29, 0.717) is 27.9 Å². The normalized spacial score (nSPS) is 11.1. The van der Waals surface area contributed by atoms with E-state index in [9.17, 15) is 9.18 Å². The lowest BCUT2D eigenvalue weighted by molar-refractivity contribution is -0.116. The van der Waals surface area contributed by atoms with E-state index >= 15 is 0 Å². The molecule has 1 N–H and O–H groups in total. The molecule has 0 atom stereocenters. The van der Waals surface area contributed by atoms with Crippen molar-refractivity contribution >= 4 is 38.9 Å². The largest absolute Gasteiger partial charge is 0.301 e. The summed E-state index contributed by atoms with van der Waals surface area (Å²) in [6.45, 7) is 2.02. The SMILES string of the molecule is CCCCC(=O)Nc1nn2c(-c3ccc(F)c(Cl)c3)nnc2s1. The second-order valence-corrected chi connectivity index (χ2v) is 6.27. The minimum absolute atomic E-state index is 0.00238. The van der Waals surface area contributed by atoms with Crippen LogP contribution in [0.2, 0.25) is 5.02 Å². The van der Waals surface area contributed by atoms with Crippen molar-refractivity contribution in [3.8, 4) is 11.4 Å². The topological polar surface area (TPSA) is 72.2 Å². The highest BCUT2D eigenvalue weighted by Gasteiger charge is 2.15. The average molecular weight is 354 g/mol. The molecular formula is C14H13ClFN5OS. The van der Waals surface area contributed by atoms with Gasteiger partial charge in [-0.2, -0.15) is 4.52 Å². The summed E-state index contributed by atoms with van der Waals surface area (Å²) >= 11 is 7.02. The maximum Gasteiger partial charge on any atom is 0.236 e. The Morgan fingerprint density at radius 2 is 2.26 bits per heavy atom. The first-order chi connectivity index (χ1) is 11.1. The third kappa shape index (κ3) is 3.32. The van der Waals surface area contributed by atoms with Crippen LogP contribution < -0.4 is 5.32 Å². The predicted molar refractivity (Wildman–Crippen MR) is 87.2 cm³/mol. The smallest absolute Gasteiger partial charge is 0.236 e. The van der Waals surface area contributed by atoms with Crippen molar-refractivity contribution in [3.05, 3.63) is 29.0 Å². The monoisotopic (exact) mass is 353 g/mol. The minimum atomic E-state index is -0.502. The van der Waals surface area contributed by atoms with E-state index in [4.69, 9.17) is 11.6 Å².